The number of ether oxygens (including phenoxy) is 1. The van der Waals surface area contributed by atoms with Gasteiger partial charge in [-0.15, -0.1) is 0 Å². The predicted molar refractivity (Wildman–Crippen MR) is 88.5 cm³/mol. The average molecular weight is 297 g/mol. The minimum Gasteiger partial charge on any atom is -0.374 e. The van der Waals surface area contributed by atoms with Crippen LogP contribution in [0.4, 0.5) is 0 Å². The SMILES string of the molecule is C/C(=C\c1ccccc1)CN1CCOC(Cn2cccn2)C1. The van der Waals surface area contributed by atoms with Crippen LogP contribution in [-0.4, -0.2) is 47.0 Å². The van der Waals surface area contributed by atoms with Crippen molar-refractivity contribution in [1.29, 1.82) is 0 Å². The van der Waals surface area contributed by atoms with E-state index in [0.717, 1.165) is 32.8 Å². The molecule has 116 valence electrons. The van der Waals surface area contributed by atoms with Crippen LogP contribution in [-0.2, 0) is 11.3 Å². The van der Waals surface area contributed by atoms with Gasteiger partial charge in [-0.2, -0.15) is 5.10 Å². The Morgan fingerprint density at radius 3 is 2.95 bits per heavy atom. The van der Waals surface area contributed by atoms with Crippen LogP contribution in [0.2, 0.25) is 0 Å². The fraction of sp³-hybridized carbons (Fsp3) is 0.389. The maximum atomic E-state index is 5.86. The van der Waals surface area contributed by atoms with E-state index in [1.54, 1.807) is 0 Å². The van der Waals surface area contributed by atoms with Crippen molar-refractivity contribution in [2.75, 3.05) is 26.2 Å². The second kappa shape index (κ2) is 7.38. The van der Waals surface area contributed by atoms with E-state index >= 15 is 0 Å². The number of benzene rings is 1. The highest BCUT2D eigenvalue weighted by atomic mass is 16.5. The Kier molecular flexibility index (Phi) is 5.03. The van der Waals surface area contributed by atoms with Crippen molar-refractivity contribution in [2.24, 2.45) is 0 Å². The summed E-state index contributed by atoms with van der Waals surface area (Å²) in [7, 11) is 0. The van der Waals surface area contributed by atoms with E-state index in [0.29, 0.717) is 0 Å². The van der Waals surface area contributed by atoms with Crippen molar-refractivity contribution in [1.82, 2.24) is 14.7 Å². The maximum Gasteiger partial charge on any atom is 0.0898 e. The molecule has 0 N–H and O–H groups in total. The first kappa shape index (κ1) is 15.0. The molecule has 0 saturated carbocycles. The van der Waals surface area contributed by atoms with Crippen molar-refractivity contribution in [3.05, 3.63) is 59.9 Å². The van der Waals surface area contributed by atoms with Crippen LogP contribution >= 0.6 is 0 Å². The fourth-order valence-corrected chi connectivity index (χ4v) is 2.88. The zero-order chi connectivity index (χ0) is 15.2. The van der Waals surface area contributed by atoms with E-state index in [-0.39, 0.29) is 6.10 Å². The second-order valence-corrected chi connectivity index (χ2v) is 5.86. The lowest BCUT2D eigenvalue weighted by Crippen LogP contribution is -2.44. The molecule has 3 rings (SSSR count). The molecule has 4 heteroatoms. The largest absolute Gasteiger partial charge is 0.374 e. The molecular formula is C18H23N3O. The molecule has 1 aliphatic heterocycles. The normalized spacial score (nSPS) is 20.2. The molecular weight excluding hydrogens is 274 g/mol. The molecule has 22 heavy (non-hydrogen) atoms. The van der Waals surface area contributed by atoms with Crippen LogP contribution in [0.1, 0.15) is 12.5 Å². The molecule has 1 atom stereocenters. The molecule has 0 bridgehead atoms. The number of morpholine rings is 1. The Morgan fingerprint density at radius 2 is 2.18 bits per heavy atom. The lowest BCUT2D eigenvalue weighted by molar-refractivity contribution is -0.0344. The molecule has 1 saturated heterocycles. The van der Waals surface area contributed by atoms with Gasteiger partial charge in [0.1, 0.15) is 0 Å². The van der Waals surface area contributed by atoms with Crippen molar-refractivity contribution < 1.29 is 4.74 Å². The zero-order valence-electron chi connectivity index (χ0n) is 13.1. The van der Waals surface area contributed by atoms with Crippen LogP contribution in [0, 0.1) is 0 Å². The van der Waals surface area contributed by atoms with E-state index in [2.05, 4.69) is 53.3 Å². The lowest BCUT2D eigenvalue weighted by atomic mass is 10.1. The van der Waals surface area contributed by atoms with Gasteiger partial charge < -0.3 is 4.74 Å². The summed E-state index contributed by atoms with van der Waals surface area (Å²) < 4.78 is 7.80. The standard InChI is InChI=1S/C18H23N3O/c1-16(12-17-6-3-2-4-7-17)13-20-10-11-22-18(14-20)15-21-9-5-8-19-21/h2-9,12,18H,10-11,13-15H2,1H3/b16-12+. The van der Waals surface area contributed by atoms with Crippen LogP contribution in [0.25, 0.3) is 6.08 Å². The van der Waals surface area contributed by atoms with Gasteiger partial charge in [0, 0.05) is 32.0 Å². The first-order chi connectivity index (χ1) is 10.8. The van der Waals surface area contributed by atoms with Gasteiger partial charge in [-0.3, -0.25) is 9.58 Å². The summed E-state index contributed by atoms with van der Waals surface area (Å²) in [4.78, 5) is 2.46. The number of hydrogen-bond acceptors (Lipinski definition) is 3. The Balaban J connectivity index is 1.54. The molecule has 1 unspecified atom stereocenters. The average Bonchev–Trinajstić information content (AvgIpc) is 3.01. The smallest absolute Gasteiger partial charge is 0.0898 e. The van der Waals surface area contributed by atoms with E-state index < -0.39 is 0 Å². The van der Waals surface area contributed by atoms with Gasteiger partial charge in [-0.05, 0) is 18.6 Å². The predicted octanol–water partition coefficient (Wildman–Crippen LogP) is 2.69. The first-order valence-corrected chi connectivity index (χ1v) is 7.83. The highest BCUT2D eigenvalue weighted by molar-refractivity contribution is 5.52. The maximum absolute atomic E-state index is 5.86. The second-order valence-electron chi connectivity index (χ2n) is 5.86. The molecule has 2 aromatic rings. The third-order valence-electron chi connectivity index (χ3n) is 3.86. The Labute approximate surface area is 132 Å². The summed E-state index contributed by atoms with van der Waals surface area (Å²) in [5.74, 6) is 0. The molecule has 0 radical (unpaired) electrons. The van der Waals surface area contributed by atoms with Gasteiger partial charge in [0.05, 0.1) is 19.3 Å². The number of nitrogens with zero attached hydrogens (tertiary/aromatic N) is 3. The molecule has 2 heterocycles. The molecule has 0 amide bonds. The Morgan fingerprint density at radius 1 is 1.32 bits per heavy atom. The summed E-state index contributed by atoms with van der Waals surface area (Å²) >= 11 is 0. The topological polar surface area (TPSA) is 30.3 Å². The van der Waals surface area contributed by atoms with Crippen LogP contribution in [0.5, 0.6) is 0 Å². The summed E-state index contributed by atoms with van der Waals surface area (Å²) in [6.07, 6.45) is 6.28. The van der Waals surface area contributed by atoms with Crippen molar-refractivity contribution in [2.45, 2.75) is 19.6 Å². The Bertz CT molecular complexity index is 592. The summed E-state index contributed by atoms with van der Waals surface area (Å²) in [5.41, 5.74) is 2.65. The number of aromatic nitrogens is 2. The van der Waals surface area contributed by atoms with Gasteiger partial charge >= 0.3 is 0 Å². The number of rotatable bonds is 5. The van der Waals surface area contributed by atoms with Gasteiger partial charge in [0.25, 0.3) is 0 Å². The molecule has 1 aromatic heterocycles. The monoisotopic (exact) mass is 297 g/mol. The molecule has 1 aliphatic rings. The van der Waals surface area contributed by atoms with Crippen molar-refractivity contribution >= 4 is 6.08 Å². The van der Waals surface area contributed by atoms with Crippen LogP contribution < -0.4 is 0 Å². The van der Waals surface area contributed by atoms with Gasteiger partial charge in [-0.1, -0.05) is 42.0 Å². The van der Waals surface area contributed by atoms with Gasteiger partial charge in [-0.25, -0.2) is 0 Å². The molecule has 0 aliphatic carbocycles. The van der Waals surface area contributed by atoms with Gasteiger partial charge in [0.2, 0.25) is 0 Å². The highest BCUT2D eigenvalue weighted by Gasteiger charge is 2.20. The lowest BCUT2D eigenvalue weighted by Gasteiger charge is -2.33. The van der Waals surface area contributed by atoms with Crippen molar-refractivity contribution in [3.63, 3.8) is 0 Å². The van der Waals surface area contributed by atoms with E-state index in [4.69, 9.17) is 4.74 Å². The fourth-order valence-electron chi connectivity index (χ4n) is 2.88. The quantitative estimate of drug-likeness (QED) is 0.850. The minimum absolute atomic E-state index is 0.221. The molecule has 4 nitrogen and oxygen atoms in total. The number of hydrogen-bond donors (Lipinski definition) is 0. The third-order valence-corrected chi connectivity index (χ3v) is 3.86. The van der Waals surface area contributed by atoms with Crippen LogP contribution in [0.15, 0.2) is 54.4 Å². The summed E-state index contributed by atoms with van der Waals surface area (Å²) in [5, 5.41) is 4.26. The molecule has 1 aromatic carbocycles. The van der Waals surface area contributed by atoms with E-state index in [1.165, 1.54) is 11.1 Å². The van der Waals surface area contributed by atoms with Gasteiger partial charge in [0.15, 0.2) is 0 Å². The Hall–Kier alpha value is -1.91. The highest BCUT2D eigenvalue weighted by Crippen LogP contribution is 2.12. The zero-order valence-corrected chi connectivity index (χ0v) is 13.1. The summed E-state index contributed by atoms with van der Waals surface area (Å²) in [6, 6.07) is 12.4. The molecule has 1 fully saturated rings. The summed E-state index contributed by atoms with van der Waals surface area (Å²) in [6.45, 7) is 6.77. The molecule has 0 spiro atoms. The van der Waals surface area contributed by atoms with Crippen molar-refractivity contribution in [3.8, 4) is 0 Å². The minimum atomic E-state index is 0.221. The van der Waals surface area contributed by atoms with E-state index in [1.807, 2.05) is 23.1 Å². The first-order valence-electron chi connectivity index (χ1n) is 7.83. The van der Waals surface area contributed by atoms with E-state index in [9.17, 15) is 0 Å². The third kappa shape index (κ3) is 4.29. The van der Waals surface area contributed by atoms with Crippen LogP contribution in [0.3, 0.4) is 0 Å².